The van der Waals surface area contributed by atoms with Crippen molar-refractivity contribution in [2.75, 3.05) is 0 Å². The Morgan fingerprint density at radius 2 is 1.32 bits per heavy atom. The summed E-state index contributed by atoms with van der Waals surface area (Å²) in [6, 6.07) is 41.1. The minimum Gasteiger partial charge on any atom is -0.228 e. The van der Waals surface area contributed by atoms with Gasteiger partial charge in [0.05, 0.1) is 11.2 Å². The minimum atomic E-state index is 0.766. The average molecular weight is 503 g/mol. The topological polar surface area (TPSA) is 25.8 Å². The molecule has 0 atom stereocenters. The molecule has 8 aromatic rings. The number of fused-ring (bicyclic) bond motifs is 8. The highest BCUT2D eigenvalue weighted by Gasteiger charge is 2.18. The van der Waals surface area contributed by atoms with E-state index in [9.17, 15) is 0 Å². The lowest BCUT2D eigenvalue weighted by molar-refractivity contribution is 1.23. The first-order valence-electron chi connectivity index (χ1n) is 12.8. The van der Waals surface area contributed by atoms with Crippen LogP contribution in [0, 0.1) is 6.92 Å². The standard InChI is InChI=1S/C35H22N2S/c1-21-15-16-28-30(19-21)36-35(37-33(28)22-9-3-2-4-10-22)29-20-23-11-5-6-12-24(23)26-17-18-27-25-13-7-8-14-31(25)38-34(27)32(26)29/h2-20H,1H3. The lowest BCUT2D eigenvalue weighted by atomic mass is 9.95. The van der Waals surface area contributed by atoms with Gasteiger partial charge in [-0.05, 0) is 46.8 Å². The summed E-state index contributed by atoms with van der Waals surface area (Å²) >= 11 is 1.86. The zero-order valence-corrected chi connectivity index (χ0v) is 21.6. The van der Waals surface area contributed by atoms with E-state index in [-0.39, 0.29) is 0 Å². The highest BCUT2D eigenvalue weighted by Crippen LogP contribution is 2.44. The summed E-state index contributed by atoms with van der Waals surface area (Å²) in [7, 11) is 0. The Hall–Kier alpha value is -4.60. The predicted octanol–water partition coefficient (Wildman–Crippen LogP) is 9.95. The van der Waals surface area contributed by atoms with Crippen molar-refractivity contribution in [3.63, 3.8) is 0 Å². The van der Waals surface area contributed by atoms with E-state index in [0.29, 0.717) is 0 Å². The smallest absolute Gasteiger partial charge is 0.161 e. The Bertz CT molecular complexity index is 2190. The first kappa shape index (κ1) is 21.5. The van der Waals surface area contributed by atoms with Crippen LogP contribution in [-0.2, 0) is 0 Å². The number of hydrogen-bond donors (Lipinski definition) is 0. The molecule has 0 radical (unpaired) electrons. The van der Waals surface area contributed by atoms with Crippen molar-refractivity contribution < 1.29 is 0 Å². The van der Waals surface area contributed by atoms with Gasteiger partial charge in [-0.1, -0.05) is 97.1 Å². The first-order valence-corrected chi connectivity index (χ1v) is 13.7. The number of rotatable bonds is 2. The summed E-state index contributed by atoms with van der Waals surface area (Å²) in [5.74, 6) is 0.766. The van der Waals surface area contributed by atoms with Gasteiger partial charge in [-0.3, -0.25) is 0 Å². The fraction of sp³-hybridized carbons (Fsp3) is 0.0286. The van der Waals surface area contributed by atoms with Crippen LogP contribution in [0.15, 0.2) is 115 Å². The van der Waals surface area contributed by atoms with Gasteiger partial charge < -0.3 is 0 Å². The van der Waals surface area contributed by atoms with Gasteiger partial charge in [0.2, 0.25) is 0 Å². The molecule has 0 bridgehead atoms. The Morgan fingerprint density at radius 1 is 0.579 bits per heavy atom. The van der Waals surface area contributed by atoms with E-state index in [1.165, 1.54) is 47.3 Å². The van der Waals surface area contributed by atoms with E-state index >= 15 is 0 Å². The second-order valence-corrected chi connectivity index (χ2v) is 10.9. The largest absolute Gasteiger partial charge is 0.228 e. The van der Waals surface area contributed by atoms with Crippen LogP contribution in [0.4, 0.5) is 0 Å². The molecule has 0 aliphatic carbocycles. The molecular formula is C35H22N2S. The van der Waals surface area contributed by atoms with Crippen LogP contribution in [0.3, 0.4) is 0 Å². The highest BCUT2D eigenvalue weighted by molar-refractivity contribution is 7.26. The molecule has 0 N–H and O–H groups in total. The summed E-state index contributed by atoms with van der Waals surface area (Å²) in [4.78, 5) is 10.5. The molecule has 0 saturated heterocycles. The third-order valence-electron chi connectivity index (χ3n) is 7.51. The van der Waals surface area contributed by atoms with Crippen LogP contribution in [0.2, 0.25) is 0 Å². The van der Waals surface area contributed by atoms with E-state index in [0.717, 1.165) is 33.5 Å². The normalized spacial score (nSPS) is 11.8. The van der Waals surface area contributed by atoms with Crippen molar-refractivity contribution in [3.05, 3.63) is 121 Å². The highest BCUT2D eigenvalue weighted by atomic mass is 32.1. The summed E-state index contributed by atoms with van der Waals surface area (Å²) in [6.07, 6.45) is 0. The molecule has 0 aliphatic rings. The van der Waals surface area contributed by atoms with Crippen molar-refractivity contribution in [1.82, 2.24) is 9.97 Å². The van der Waals surface area contributed by atoms with E-state index in [1.807, 2.05) is 17.4 Å². The van der Waals surface area contributed by atoms with Crippen molar-refractivity contribution in [3.8, 4) is 22.6 Å². The van der Waals surface area contributed by atoms with E-state index in [2.05, 4.69) is 116 Å². The van der Waals surface area contributed by atoms with Gasteiger partial charge >= 0.3 is 0 Å². The number of aryl methyl sites for hydroxylation is 1. The number of thiophene rings is 1. The van der Waals surface area contributed by atoms with Crippen molar-refractivity contribution in [2.24, 2.45) is 0 Å². The maximum absolute atomic E-state index is 5.28. The fourth-order valence-electron chi connectivity index (χ4n) is 5.73. The second-order valence-electron chi connectivity index (χ2n) is 9.89. The molecule has 38 heavy (non-hydrogen) atoms. The third kappa shape index (κ3) is 3.19. The monoisotopic (exact) mass is 502 g/mol. The average Bonchev–Trinajstić information content (AvgIpc) is 3.35. The lowest BCUT2D eigenvalue weighted by Crippen LogP contribution is -1.97. The SMILES string of the molecule is Cc1ccc2c(-c3ccccc3)nc(-c3cc4ccccc4c4ccc5c6ccccc6sc5c34)nc2c1. The summed E-state index contributed by atoms with van der Waals surface area (Å²) < 4.78 is 2.59. The maximum Gasteiger partial charge on any atom is 0.161 e. The van der Waals surface area contributed by atoms with Crippen LogP contribution in [0.5, 0.6) is 0 Å². The minimum absolute atomic E-state index is 0.766. The van der Waals surface area contributed by atoms with Gasteiger partial charge in [0.25, 0.3) is 0 Å². The molecule has 6 aromatic carbocycles. The lowest BCUT2D eigenvalue weighted by Gasteiger charge is -2.14. The molecule has 2 nitrogen and oxygen atoms in total. The van der Waals surface area contributed by atoms with Crippen LogP contribution >= 0.6 is 11.3 Å². The molecule has 2 aromatic heterocycles. The third-order valence-corrected chi connectivity index (χ3v) is 8.71. The molecule has 0 amide bonds. The first-order chi connectivity index (χ1) is 18.7. The van der Waals surface area contributed by atoms with Gasteiger partial charge in [0.15, 0.2) is 5.82 Å². The van der Waals surface area contributed by atoms with E-state index in [1.54, 1.807) is 0 Å². The molecule has 0 fully saturated rings. The summed E-state index contributed by atoms with van der Waals surface area (Å²) in [6.45, 7) is 2.12. The van der Waals surface area contributed by atoms with Gasteiger partial charge in [0.1, 0.15) is 0 Å². The molecule has 0 aliphatic heterocycles. The molecule has 8 rings (SSSR count). The Labute approximate surface area is 223 Å². The second kappa shape index (κ2) is 8.20. The summed E-state index contributed by atoms with van der Waals surface area (Å²) in [5, 5.41) is 8.58. The molecule has 178 valence electrons. The van der Waals surface area contributed by atoms with Crippen LogP contribution in [-0.4, -0.2) is 9.97 Å². The van der Waals surface area contributed by atoms with E-state index in [4.69, 9.17) is 9.97 Å². The zero-order valence-electron chi connectivity index (χ0n) is 20.8. The van der Waals surface area contributed by atoms with Gasteiger partial charge in [-0.15, -0.1) is 11.3 Å². The maximum atomic E-state index is 5.28. The van der Waals surface area contributed by atoms with Crippen molar-refractivity contribution in [2.45, 2.75) is 6.92 Å². The van der Waals surface area contributed by atoms with Crippen molar-refractivity contribution >= 4 is 64.0 Å². The molecule has 2 heterocycles. The van der Waals surface area contributed by atoms with Crippen LogP contribution in [0.1, 0.15) is 5.56 Å². The fourth-order valence-corrected chi connectivity index (χ4v) is 6.99. The number of benzene rings is 6. The summed E-state index contributed by atoms with van der Waals surface area (Å²) in [5.41, 5.74) is 5.31. The molecule has 0 saturated carbocycles. The quantitative estimate of drug-likeness (QED) is 0.220. The number of aromatic nitrogens is 2. The van der Waals surface area contributed by atoms with Gasteiger partial charge in [-0.25, -0.2) is 9.97 Å². The molecular weight excluding hydrogens is 480 g/mol. The van der Waals surface area contributed by atoms with Crippen LogP contribution < -0.4 is 0 Å². The van der Waals surface area contributed by atoms with E-state index < -0.39 is 0 Å². The van der Waals surface area contributed by atoms with Gasteiger partial charge in [0, 0.05) is 42.1 Å². The zero-order chi connectivity index (χ0) is 25.2. The van der Waals surface area contributed by atoms with Crippen LogP contribution in [0.25, 0.3) is 75.3 Å². The Balaban J connectivity index is 1.56. The molecule has 3 heteroatoms. The molecule has 0 unspecified atom stereocenters. The molecule has 0 spiro atoms. The number of nitrogens with zero attached hydrogens (tertiary/aromatic N) is 2. The Morgan fingerprint density at radius 3 is 2.21 bits per heavy atom. The van der Waals surface area contributed by atoms with Crippen molar-refractivity contribution in [1.29, 1.82) is 0 Å². The van der Waals surface area contributed by atoms with Gasteiger partial charge in [-0.2, -0.15) is 0 Å². The number of hydrogen-bond acceptors (Lipinski definition) is 3. The Kier molecular flexibility index (Phi) is 4.64. The predicted molar refractivity (Wildman–Crippen MR) is 163 cm³/mol.